The van der Waals surface area contributed by atoms with Gasteiger partial charge in [0.15, 0.2) is 0 Å². The summed E-state index contributed by atoms with van der Waals surface area (Å²) in [5.74, 6) is -0.171. The SMILES string of the molecule is C/C=C/CCc1ccc(-c2ccc(C)cc2)cc1.CCCc1ccc(-c2ccc(-c3ccc(CC)cc3)cc2F)cc1. The lowest BCUT2D eigenvalue weighted by Crippen LogP contribution is -1.88. The standard InChI is InChI=1S/C23H23F.C18H20/c1-3-5-18-8-12-20(13-9-18)22-15-14-21(16-23(22)24)19-10-6-17(4-2)7-11-19;1-3-4-5-6-16-9-13-18(14-10-16)17-11-7-15(2)8-12-17/h6-16H,3-5H2,1-2H3;3-4,7-14H,5-6H2,1-2H3/b;4-3+. The summed E-state index contributed by atoms with van der Waals surface area (Å²) in [6.45, 7) is 8.49. The van der Waals surface area contributed by atoms with Crippen molar-refractivity contribution in [2.45, 2.75) is 59.8 Å². The predicted octanol–water partition coefficient (Wildman–Crippen LogP) is 11.8. The van der Waals surface area contributed by atoms with Gasteiger partial charge >= 0.3 is 0 Å². The zero-order valence-corrected chi connectivity index (χ0v) is 25.5. The lowest BCUT2D eigenvalue weighted by Gasteiger charge is -2.08. The van der Waals surface area contributed by atoms with Crippen LogP contribution in [-0.4, -0.2) is 0 Å². The third-order valence-electron chi connectivity index (χ3n) is 7.64. The quantitative estimate of drug-likeness (QED) is 0.159. The van der Waals surface area contributed by atoms with E-state index in [4.69, 9.17) is 0 Å². The number of rotatable bonds is 9. The maximum absolute atomic E-state index is 14.6. The molecule has 5 rings (SSSR count). The number of allylic oxidation sites excluding steroid dienone is 2. The second-order valence-electron chi connectivity index (χ2n) is 10.9. The fraction of sp³-hybridized carbons (Fsp3) is 0.220. The normalized spacial score (nSPS) is 10.9. The monoisotopic (exact) mass is 554 g/mol. The summed E-state index contributed by atoms with van der Waals surface area (Å²) < 4.78 is 14.6. The molecule has 0 heterocycles. The van der Waals surface area contributed by atoms with Gasteiger partial charge in [-0.3, -0.25) is 0 Å². The Kier molecular flexibility index (Phi) is 11.5. The molecule has 0 saturated carbocycles. The Morgan fingerprint density at radius 2 is 1.02 bits per heavy atom. The second-order valence-corrected chi connectivity index (χ2v) is 10.9. The van der Waals surface area contributed by atoms with Gasteiger partial charge in [0.1, 0.15) is 5.82 Å². The molecule has 0 fully saturated rings. The molecule has 0 radical (unpaired) electrons. The van der Waals surface area contributed by atoms with Crippen LogP contribution in [0.15, 0.2) is 127 Å². The van der Waals surface area contributed by atoms with E-state index in [-0.39, 0.29) is 5.82 Å². The Hall–Kier alpha value is -4.23. The van der Waals surface area contributed by atoms with E-state index in [0.717, 1.165) is 48.8 Å². The third kappa shape index (κ3) is 8.63. The van der Waals surface area contributed by atoms with Gasteiger partial charge in [-0.15, -0.1) is 0 Å². The van der Waals surface area contributed by atoms with Gasteiger partial charge in [-0.25, -0.2) is 4.39 Å². The summed E-state index contributed by atoms with van der Waals surface area (Å²) in [5, 5.41) is 0. The molecular formula is C41H43F. The topological polar surface area (TPSA) is 0 Å². The average Bonchev–Trinajstić information content (AvgIpc) is 3.03. The second kappa shape index (κ2) is 15.7. The molecule has 0 unspecified atom stereocenters. The van der Waals surface area contributed by atoms with Crippen LogP contribution in [0.3, 0.4) is 0 Å². The van der Waals surface area contributed by atoms with Gasteiger partial charge in [0.2, 0.25) is 0 Å². The van der Waals surface area contributed by atoms with Crippen LogP contribution >= 0.6 is 0 Å². The molecule has 214 valence electrons. The number of hydrogen-bond acceptors (Lipinski definition) is 0. The first-order valence-electron chi connectivity index (χ1n) is 15.3. The summed E-state index contributed by atoms with van der Waals surface area (Å²) in [7, 11) is 0. The molecule has 42 heavy (non-hydrogen) atoms. The molecule has 0 aliphatic heterocycles. The van der Waals surface area contributed by atoms with Crippen molar-refractivity contribution in [1.82, 2.24) is 0 Å². The Labute approximate surface area is 252 Å². The number of benzene rings is 5. The molecule has 5 aromatic rings. The van der Waals surface area contributed by atoms with Crippen molar-refractivity contribution >= 4 is 0 Å². The van der Waals surface area contributed by atoms with E-state index in [1.807, 2.05) is 24.3 Å². The van der Waals surface area contributed by atoms with Crippen LogP contribution < -0.4 is 0 Å². The largest absolute Gasteiger partial charge is 0.206 e. The van der Waals surface area contributed by atoms with Gasteiger partial charge in [-0.1, -0.05) is 147 Å². The Morgan fingerprint density at radius 3 is 1.55 bits per heavy atom. The van der Waals surface area contributed by atoms with Crippen LogP contribution in [0.25, 0.3) is 33.4 Å². The lowest BCUT2D eigenvalue weighted by atomic mass is 9.97. The Bertz CT molecular complexity index is 1540. The van der Waals surface area contributed by atoms with Crippen molar-refractivity contribution in [3.05, 3.63) is 155 Å². The summed E-state index contributed by atoms with van der Waals surface area (Å²) in [5.41, 5.74) is 11.5. The van der Waals surface area contributed by atoms with Crippen LogP contribution in [0.1, 0.15) is 55.9 Å². The molecule has 1 heteroatoms. The number of halogens is 1. The highest BCUT2D eigenvalue weighted by Crippen LogP contribution is 2.29. The van der Waals surface area contributed by atoms with E-state index in [1.165, 1.54) is 33.4 Å². The Morgan fingerprint density at radius 1 is 0.548 bits per heavy atom. The van der Waals surface area contributed by atoms with Crippen LogP contribution in [0.2, 0.25) is 0 Å². The minimum Gasteiger partial charge on any atom is -0.206 e. The van der Waals surface area contributed by atoms with Gasteiger partial charge in [-0.2, -0.15) is 0 Å². The molecule has 0 atom stereocenters. The smallest absolute Gasteiger partial charge is 0.131 e. The molecule has 0 aliphatic rings. The third-order valence-corrected chi connectivity index (χ3v) is 7.64. The predicted molar refractivity (Wildman–Crippen MR) is 180 cm³/mol. The van der Waals surface area contributed by atoms with E-state index in [2.05, 4.69) is 125 Å². The van der Waals surface area contributed by atoms with E-state index < -0.39 is 0 Å². The maximum Gasteiger partial charge on any atom is 0.131 e. The molecule has 5 aromatic carbocycles. The lowest BCUT2D eigenvalue weighted by molar-refractivity contribution is 0.632. The minimum atomic E-state index is -0.171. The van der Waals surface area contributed by atoms with Crippen LogP contribution in [0.4, 0.5) is 4.39 Å². The molecular weight excluding hydrogens is 511 g/mol. The van der Waals surface area contributed by atoms with Gasteiger partial charge in [-0.05, 0) is 90.1 Å². The van der Waals surface area contributed by atoms with Gasteiger partial charge in [0.25, 0.3) is 0 Å². The van der Waals surface area contributed by atoms with Crippen LogP contribution in [0.5, 0.6) is 0 Å². The molecule has 0 spiro atoms. The number of aryl methyl sites for hydroxylation is 4. The molecule has 0 bridgehead atoms. The summed E-state index contributed by atoms with van der Waals surface area (Å²) >= 11 is 0. The van der Waals surface area contributed by atoms with E-state index in [9.17, 15) is 4.39 Å². The van der Waals surface area contributed by atoms with Gasteiger partial charge in [0, 0.05) is 5.56 Å². The summed E-state index contributed by atoms with van der Waals surface area (Å²) in [6.07, 6.45) is 9.78. The van der Waals surface area contributed by atoms with Gasteiger partial charge < -0.3 is 0 Å². The average molecular weight is 555 g/mol. The fourth-order valence-electron chi connectivity index (χ4n) is 5.03. The molecule has 0 N–H and O–H groups in total. The number of hydrogen-bond donors (Lipinski definition) is 0. The van der Waals surface area contributed by atoms with E-state index in [1.54, 1.807) is 6.07 Å². The van der Waals surface area contributed by atoms with Crippen molar-refractivity contribution in [3.8, 4) is 33.4 Å². The zero-order valence-electron chi connectivity index (χ0n) is 25.5. The first-order chi connectivity index (χ1) is 20.5. The zero-order chi connectivity index (χ0) is 29.7. The first-order valence-corrected chi connectivity index (χ1v) is 15.3. The molecule has 0 aromatic heterocycles. The van der Waals surface area contributed by atoms with Crippen molar-refractivity contribution in [3.63, 3.8) is 0 Å². The summed E-state index contributed by atoms with van der Waals surface area (Å²) in [6, 6.07) is 39.7. The van der Waals surface area contributed by atoms with E-state index in [0.29, 0.717) is 5.56 Å². The van der Waals surface area contributed by atoms with Crippen molar-refractivity contribution < 1.29 is 4.39 Å². The highest BCUT2D eigenvalue weighted by atomic mass is 19.1. The molecule has 0 amide bonds. The maximum atomic E-state index is 14.6. The first kappa shape index (κ1) is 30.7. The van der Waals surface area contributed by atoms with Crippen molar-refractivity contribution in [1.29, 1.82) is 0 Å². The van der Waals surface area contributed by atoms with E-state index >= 15 is 0 Å². The van der Waals surface area contributed by atoms with Crippen molar-refractivity contribution in [2.24, 2.45) is 0 Å². The molecule has 0 aliphatic carbocycles. The highest BCUT2D eigenvalue weighted by molar-refractivity contribution is 5.71. The van der Waals surface area contributed by atoms with Crippen LogP contribution in [-0.2, 0) is 19.3 Å². The molecule has 0 saturated heterocycles. The van der Waals surface area contributed by atoms with Crippen LogP contribution in [0, 0.1) is 12.7 Å². The van der Waals surface area contributed by atoms with Gasteiger partial charge in [0.05, 0.1) is 0 Å². The highest BCUT2D eigenvalue weighted by Gasteiger charge is 2.08. The molecule has 0 nitrogen and oxygen atoms in total. The Balaban J connectivity index is 0.000000201. The fourth-order valence-corrected chi connectivity index (χ4v) is 5.03. The summed E-state index contributed by atoms with van der Waals surface area (Å²) in [4.78, 5) is 0. The minimum absolute atomic E-state index is 0.171. The van der Waals surface area contributed by atoms with Crippen molar-refractivity contribution in [2.75, 3.05) is 0 Å².